The minimum atomic E-state index is -0.556. The lowest BCUT2D eigenvalue weighted by molar-refractivity contribution is -0.142. The van der Waals surface area contributed by atoms with Crippen molar-refractivity contribution in [1.82, 2.24) is 4.57 Å². The maximum Gasteiger partial charge on any atom is 0.343 e. The summed E-state index contributed by atoms with van der Waals surface area (Å²) in [6.45, 7) is 4.48. The van der Waals surface area contributed by atoms with E-state index in [1.165, 1.54) is 21.0 Å². The first-order chi connectivity index (χ1) is 13.3. The number of methoxy groups -OCH3 is 1. The third kappa shape index (κ3) is 3.41. The highest BCUT2D eigenvalue weighted by Gasteiger charge is 2.22. The van der Waals surface area contributed by atoms with Crippen molar-refractivity contribution in [2.75, 3.05) is 13.7 Å². The highest BCUT2D eigenvalue weighted by Crippen LogP contribution is 2.35. The van der Waals surface area contributed by atoms with Crippen LogP contribution in [0.4, 0.5) is 0 Å². The van der Waals surface area contributed by atoms with Crippen molar-refractivity contribution in [3.05, 3.63) is 59.3 Å². The number of aromatic nitrogens is 1. The van der Waals surface area contributed by atoms with Crippen molar-refractivity contribution < 1.29 is 23.9 Å². The first-order valence-corrected chi connectivity index (χ1v) is 8.81. The number of para-hydroxylation sites is 1. The zero-order valence-electron chi connectivity index (χ0n) is 16.2. The van der Waals surface area contributed by atoms with Crippen LogP contribution >= 0.6 is 0 Å². The van der Waals surface area contributed by atoms with Crippen LogP contribution < -0.4 is 4.74 Å². The molecule has 0 saturated carbocycles. The molecule has 1 aromatic heterocycles. The maximum atomic E-state index is 12.4. The van der Waals surface area contributed by atoms with Gasteiger partial charge in [0.05, 0.1) is 18.2 Å². The van der Waals surface area contributed by atoms with Crippen LogP contribution in [0.25, 0.3) is 16.6 Å². The molecule has 3 rings (SSSR count). The van der Waals surface area contributed by atoms with Gasteiger partial charge in [0, 0.05) is 22.3 Å². The first-order valence-electron chi connectivity index (χ1n) is 8.81. The van der Waals surface area contributed by atoms with E-state index in [4.69, 9.17) is 4.74 Å². The van der Waals surface area contributed by atoms with Gasteiger partial charge >= 0.3 is 5.97 Å². The Morgan fingerprint density at radius 2 is 1.68 bits per heavy atom. The molecule has 0 atom stereocenters. The lowest BCUT2D eigenvalue weighted by atomic mass is 10.0. The molecule has 0 spiro atoms. The SMILES string of the molecule is COC(=O)COc1cc2c(C(C)=O)c(C)n(-c3ccccc3)c2cc1C(C)=O. The normalized spacial score (nSPS) is 10.7. The van der Waals surface area contributed by atoms with E-state index in [0.717, 1.165) is 16.9 Å². The van der Waals surface area contributed by atoms with Crippen molar-refractivity contribution in [3.63, 3.8) is 0 Å². The summed E-state index contributed by atoms with van der Waals surface area (Å²) >= 11 is 0. The Kier molecular flexibility index (Phi) is 5.31. The zero-order chi connectivity index (χ0) is 20.4. The first kappa shape index (κ1) is 19.4. The largest absolute Gasteiger partial charge is 0.481 e. The molecule has 6 nitrogen and oxygen atoms in total. The summed E-state index contributed by atoms with van der Waals surface area (Å²) in [4.78, 5) is 36.1. The number of nitrogens with zero attached hydrogens (tertiary/aromatic N) is 1. The van der Waals surface area contributed by atoms with Gasteiger partial charge in [0.2, 0.25) is 0 Å². The number of ether oxygens (including phenoxy) is 2. The zero-order valence-corrected chi connectivity index (χ0v) is 16.2. The third-order valence-electron chi connectivity index (χ3n) is 4.62. The summed E-state index contributed by atoms with van der Waals surface area (Å²) in [6, 6.07) is 13.0. The second kappa shape index (κ2) is 7.68. The average Bonchev–Trinajstić information content (AvgIpc) is 2.96. The highest BCUT2D eigenvalue weighted by atomic mass is 16.6. The Morgan fingerprint density at radius 1 is 1.00 bits per heavy atom. The standard InChI is InChI=1S/C22H21NO5/c1-13-22(15(3)25)18-11-20(28-12-21(26)27-4)17(14(2)24)10-19(18)23(13)16-8-6-5-7-9-16/h5-11H,12H2,1-4H3. The summed E-state index contributed by atoms with van der Waals surface area (Å²) in [5.41, 5.74) is 3.27. The van der Waals surface area contributed by atoms with Crippen LogP contribution in [0.1, 0.15) is 40.3 Å². The van der Waals surface area contributed by atoms with Crippen LogP contribution in [0.5, 0.6) is 5.75 Å². The molecular weight excluding hydrogens is 358 g/mol. The van der Waals surface area contributed by atoms with Gasteiger partial charge in [0.15, 0.2) is 18.2 Å². The van der Waals surface area contributed by atoms with Crippen LogP contribution in [0.3, 0.4) is 0 Å². The van der Waals surface area contributed by atoms with Gasteiger partial charge in [0.1, 0.15) is 5.75 Å². The van der Waals surface area contributed by atoms with Crippen molar-refractivity contribution in [2.45, 2.75) is 20.8 Å². The Balaban J connectivity index is 2.31. The molecule has 2 aromatic carbocycles. The Bertz CT molecular complexity index is 1080. The van der Waals surface area contributed by atoms with Gasteiger partial charge in [-0.15, -0.1) is 0 Å². The number of carbonyl (C=O) groups is 3. The van der Waals surface area contributed by atoms with E-state index in [2.05, 4.69) is 4.74 Å². The number of Topliss-reactive ketones (excluding diaryl/α,β-unsaturated/α-hetero) is 2. The van der Waals surface area contributed by atoms with E-state index in [9.17, 15) is 14.4 Å². The average molecular weight is 379 g/mol. The second-order valence-corrected chi connectivity index (χ2v) is 6.47. The van der Waals surface area contributed by atoms with Crippen molar-refractivity contribution in [3.8, 4) is 11.4 Å². The molecule has 0 aliphatic rings. The molecule has 0 amide bonds. The Hall–Kier alpha value is -3.41. The van der Waals surface area contributed by atoms with E-state index >= 15 is 0 Å². The predicted octanol–water partition coefficient (Wildman–Crippen LogP) is 3.90. The van der Waals surface area contributed by atoms with E-state index in [1.807, 2.05) is 41.8 Å². The van der Waals surface area contributed by atoms with Crippen LogP contribution in [-0.2, 0) is 9.53 Å². The van der Waals surface area contributed by atoms with Gasteiger partial charge in [-0.3, -0.25) is 9.59 Å². The monoisotopic (exact) mass is 379 g/mol. The van der Waals surface area contributed by atoms with E-state index in [-0.39, 0.29) is 23.9 Å². The fourth-order valence-electron chi connectivity index (χ4n) is 3.39. The molecule has 144 valence electrons. The number of rotatable bonds is 6. The van der Waals surface area contributed by atoms with Crippen molar-refractivity contribution >= 4 is 28.4 Å². The fourth-order valence-corrected chi connectivity index (χ4v) is 3.39. The number of esters is 1. The van der Waals surface area contributed by atoms with Gasteiger partial charge in [-0.2, -0.15) is 0 Å². The molecule has 6 heteroatoms. The van der Waals surface area contributed by atoms with Crippen LogP contribution in [-0.4, -0.2) is 35.8 Å². The van der Waals surface area contributed by atoms with Crippen LogP contribution in [0, 0.1) is 6.92 Å². The molecule has 0 unspecified atom stereocenters. The third-order valence-corrected chi connectivity index (χ3v) is 4.62. The highest BCUT2D eigenvalue weighted by molar-refractivity contribution is 6.11. The van der Waals surface area contributed by atoms with E-state index in [0.29, 0.717) is 16.5 Å². The molecule has 0 fully saturated rings. The van der Waals surface area contributed by atoms with Gasteiger partial charge in [-0.1, -0.05) is 18.2 Å². The lowest BCUT2D eigenvalue weighted by Crippen LogP contribution is -2.14. The number of ketones is 2. The molecule has 0 bridgehead atoms. The molecule has 1 heterocycles. The number of carbonyl (C=O) groups excluding carboxylic acids is 3. The molecule has 3 aromatic rings. The van der Waals surface area contributed by atoms with Crippen LogP contribution in [0.2, 0.25) is 0 Å². The van der Waals surface area contributed by atoms with Gasteiger partial charge in [-0.25, -0.2) is 4.79 Å². The van der Waals surface area contributed by atoms with Gasteiger partial charge in [0.25, 0.3) is 0 Å². The van der Waals surface area contributed by atoms with E-state index in [1.54, 1.807) is 12.1 Å². The molecule has 0 saturated heterocycles. The van der Waals surface area contributed by atoms with Crippen molar-refractivity contribution in [2.24, 2.45) is 0 Å². The minimum Gasteiger partial charge on any atom is -0.481 e. The number of hydrogen-bond donors (Lipinski definition) is 0. The topological polar surface area (TPSA) is 74.6 Å². The van der Waals surface area contributed by atoms with Crippen LogP contribution in [0.15, 0.2) is 42.5 Å². The summed E-state index contributed by atoms with van der Waals surface area (Å²) in [5.74, 6) is -0.603. The maximum absolute atomic E-state index is 12.4. The summed E-state index contributed by atoms with van der Waals surface area (Å²) in [7, 11) is 1.26. The summed E-state index contributed by atoms with van der Waals surface area (Å²) in [5, 5.41) is 0.665. The molecule has 28 heavy (non-hydrogen) atoms. The molecule has 0 radical (unpaired) electrons. The number of fused-ring (bicyclic) bond motifs is 1. The Morgan fingerprint density at radius 3 is 2.25 bits per heavy atom. The van der Waals surface area contributed by atoms with Gasteiger partial charge in [-0.05, 0) is 45.0 Å². The summed E-state index contributed by atoms with van der Waals surface area (Å²) in [6.07, 6.45) is 0. The second-order valence-electron chi connectivity index (χ2n) is 6.47. The summed E-state index contributed by atoms with van der Waals surface area (Å²) < 4.78 is 12.1. The smallest absolute Gasteiger partial charge is 0.343 e. The number of hydrogen-bond acceptors (Lipinski definition) is 5. The fraction of sp³-hybridized carbons (Fsp3) is 0.227. The number of benzene rings is 2. The predicted molar refractivity (Wildman–Crippen MR) is 106 cm³/mol. The van der Waals surface area contributed by atoms with E-state index < -0.39 is 5.97 Å². The molecule has 0 aliphatic carbocycles. The quantitative estimate of drug-likeness (QED) is 0.480. The molecule has 0 aliphatic heterocycles. The lowest BCUT2D eigenvalue weighted by Gasteiger charge is -2.12. The molecule has 0 N–H and O–H groups in total. The minimum absolute atomic E-state index is 0.0910. The van der Waals surface area contributed by atoms with Gasteiger partial charge < -0.3 is 14.0 Å². The Labute approximate surface area is 162 Å². The van der Waals surface area contributed by atoms with Crippen molar-refractivity contribution in [1.29, 1.82) is 0 Å². The molecular formula is C22H21NO5.